The Morgan fingerprint density at radius 1 is 1.33 bits per heavy atom. The number of hydrogen-bond acceptors (Lipinski definition) is 7. The fourth-order valence-corrected chi connectivity index (χ4v) is 4.87. The number of nitrogens with zero attached hydrogens (tertiary/aromatic N) is 1. The summed E-state index contributed by atoms with van der Waals surface area (Å²) in [6, 6.07) is 2.83. The van der Waals surface area contributed by atoms with Gasteiger partial charge < -0.3 is 19.8 Å². The van der Waals surface area contributed by atoms with Crippen LogP contribution < -0.4 is 10.6 Å². The summed E-state index contributed by atoms with van der Waals surface area (Å²) in [6.07, 6.45) is 4.37. The molecule has 9 nitrogen and oxygen atoms in total. The van der Waals surface area contributed by atoms with Crippen molar-refractivity contribution in [2.45, 2.75) is 38.1 Å². The summed E-state index contributed by atoms with van der Waals surface area (Å²) >= 11 is 1.14. The van der Waals surface area contributed by atoms with Crippen molar-refractivity contribution in [2.75, 3.05) is 18.5 Å². The van der Waals surface area contributed by atoms with Gasteiger partial charge in [-0.05, 0) is 31.9 Å². The van der Waals surface area contributed by atoms with Gasteiger partial charge in [0, 0.05) is 10.9 Å². The Balaban J connectivity index is 1.53. The molecule has 10 heteroatoms. The van der Waals surface area contributed by atoms with Crippen molar-refractivity contribution in [3.63, 3.8) is 0 Å². The van der Waals surface area contributed by atoms with Crippen LogP contribution in [0.15, 0.2) is 28.2 Å². The molecule has 3 heterocycles. The topological polar surface area (TPSA) is 118 Å². The molecule has 2 aliphatic rings. The lowest BCUT2D eigenvalue weighted by atomic mass is 9.98. The van der Waals surface area contributed by atoms with E-state index >= 15 is 0 Å². The van der Waals surface area contributed by atoms with Gasteiger partial charge in [0.25, 0.3) is 5.91 Å². The van der Waals surface area contributed by atoms with Crippen molar-refractivity contribution in [1.29, 1.82) is 0 Å². The molecule has 4 amide bonds. The summed E-state index contributed by atoms with van der Waals surface area (Å²) < 4.78 is 10.5. The van der Waals surface area contributed by atoms with Crippen LogP contribution in [0.25, 0.3) is 11.3 Å². The largest absolute Gasteiger partial charge is 0.464 e. The van der Waals surface area contributed by atoms with Gasteiger partial charge >= 0.3 is 12.0 Å². The highest BCUT2D eigenvalue weighted by Crippen LogP contribution is 2.37. The average Bonchev–Trinajstić information content (AvgIpc) is 3.48. The lowest BCUT2D eigenvalue weighted by Crippen LogP contribution is -2.44. The molecule has 2 N–H and O–H groups in total. The van der Waals surface area contributed by atoms with Crippen LogP contribution in [0.1, 0.15) is 43.0 Å². The van der Waals surface area contributed by atoms with Gasteiger partial charge in [0.05, 0.1) is 12.9 Å². The fraction of sp³-hybridized carbons (Fsp3) is 0.400. The Labute approximate surface area is 176 Å². The highest BCUT2D eigenvalue weighted by Gasteiger charge is 2.52. The summed E-state index contributed by atoms with van der Waals surface area (Å²) in [6.45, 7) is 1.43. The lowest BCUT2D eigenvalue weighted by molar-refractivity contribution is -0.133. The number of carbonyl (C=O) groups is 4. The molecule has 0 atom stereocenters. The van der Waals surface area contributed by atoms with E-state index in [4.69, 9.17) is 9.15 Å². The smallest absolute Gasteiger partial charge is 0.341 e. The van der Waals surface area contributed by atoms with E-state index in [2.05, 4.69) is 10.6 Å². The number of thiophene rings is 1. The molecule has 1 spiro atoms. The number of urea groups is 1. The molecule has 2 aromatic rings. The molecule has 2 fully saturated rings. The quantitative estimate of drug-likeness (QED) is 0.536. The molecule has 0 aromatic carbocycles. The fourth-order valence-electron chi connectivity index (χ4n) is 3.92. The maximum Gasteiger partial charge on any atom is 0.341 e. The number of hydrogen-bond donors (Lipinski definition) is 2. The third-order valence-corrected chi connectivity index (χ3v) is 6.21. The summed E-state index contributed by atoms with van der Waals surface area (Å²) in [7, 11) is 0. The van der Waals surface area contributed by atoms with E-state index in [1.165, 1.54) is 6.26 Å². The Hall–Kier alpha value is -3.14. The zero-order chi connectivity index (χ0) is 21.3. The Kier molecular flexibility index (Phi) is 5.33. The van der Waals surface area contributed by atoms with Gasteiger partial charge in [-0.3, -0.25) is 14.5 Å². The zero-order valence-electron chi connectivity index (χ0n) is 16.4. The third-order valence-electron chi connectivity index (χ3n) is 5.31. The number of imide groups is 1. The van der Waals surface area contributed by atoms with Crippen LogP contribution >= 0.6 is 11.3 Å². The first kappa shape index (κ1) is 20.1. The van der Waals surface area contributed by atoms with Crippen LogP contribution in [0.2, 0.25) is 0 Å². The third kappa shape index (κ3) is 3.47. The minimum absolute atomic E-state index is 0.171. The highest BCUT2D eigenvalue weighted by molar-refractivity contribution is 7.15. The Bertz CT molecular complexity index is 990. The van der Waals surface area contributed by atoms with Crippen LogP contribution in [0, 0.1) is 0 Å². The van der Waals surface area contributed by atoms with Gasteiger partial charge in [-0.25, -0.2) is 9.59 Å². The molecule has 4 rings (SSSR count). The number of furan rings is 1. The van der Waals surface area contributed by atoms with E-state index in [1.54, 1.807) is 24.4 Å². The molecular weight excluding hydrogens is 410 g/mol. The van der Waals surface area contributed by atoms with Crippen LogP contribution in [0.3, 0.4) is 0 Å². The maximum absolute atomic E-state index is 12.7. The molecule has 158 valence electrons. The van der Waals surface area contributed by atoms with Crippen molar-refractivity contribution >= 4 is 40.2 Å². The summed E-state index contributed by atoms with van der Waals surface area (Å²) in [4.78, 5) is 51.1. The van der Waals surface area contributed by atoms with Gasteiger partial charge in [0.1, 0.15) is 28.4 Å². The van der Waals surface area contributed by atoms with E-state index in [9.17, 15) is 19.2 Å². The number of nitrogens with one attached hydrogen (secondary N) is 2. The van der Waals surface area contributed by atoms with Gasteiger partial charge in [-0.2, -0.15) is 0 Å². The Morgan fingerprint density at radius 3 is 2.77 bits per heavy atom. The van der Waals surface area contributed by atoms with Gasteiger partial charge in [-0.1, -0.05) is 12.8 Å². The number of ether oxygens (including phenoxy) is 1. The van der Waals surface area contributed by atoms with E-state index in [0.29, 0.717) is 24.2 Å². The van der Waals surface area contributed by atoms with Crippen LogP contribution in [0.5, 0.6) is 0 Å². The number of carbonyl (C=O) groups excluding carboxylic acids is 4. The second kappa shape index (κ2) is 7.94. The van der Waals surface area contributed by atoms with E-state index in [-0.39, 0.29) is 23.1 Å². The summed E-state index contributed by atoms with van der Waals surface area (Å²) in [5.74, 6) is -1.08. The molecular formula is C20H21N3O6S. The molecule has 1 saturated carbocycles. The van der Waals surface area contributed by atoms with Crippen LogP contribution in [0.4, 0.5) is 9.80 Å². The molecule has 0 radical (unpaired) electrons. The van der Waals surface area contributed by atoms with Crippen molar-refractivity contribution < 1.29 is 28.3 Å². The number of anilines is 1. The molecule has 1 saturated heterocycles. The normalized spacial score (nSPS) is 17.4. The standard InChI is InChI=1S/C20H21N3O6S/c1-2-28-17(25)15-12(13-6-5-9-29-13)11-30-16(15)21-14(24)10-23-18(26)20(22-19(23)27)7-3-4-8-20/h5-6,9,11H,2-4,7-8,10H2,1H3,(H,21,24)(H,22,27). The molecule has 0 unspecified atom stereocenters. The first-order chi connectivity index (χ1) is 14.4. The first-order valence-electron chi connectivity index (χ1n) is 9.71. The zero-order valence-corrected chi connectivity index (χ0v) is 17.2. The predicted octanol–water partition coefficient (Wildman–Crippen LogP) is 2.99. The van der Waals surface area contributed by atoms with Crippen molar-refractivity contribution in [2.24, 2.45) is 0 Å². The molecule has 1 aliphatic carbocycles. The van der Waals surface area contributed by atoms with E-state index < -0.39 is 30.0 Å². The van der Waals surface area contributed by atoms with Crippen molar-refractivity contribution in [3.8, 4) is 11.3 Å². The monoisotopic (exact) mass is 431 g/mol. The van der Waals surface area contributed by atoms with Gasteiger partial charge in [0.15, 0.2) is 0 Å². The van der Waals surface area contributed by atoms with Gasteiger partial charge in [0.2, 0.25) is 5.91 Å². The van der Waals surface area contributed by atoms with E-state index in [0.717, 1.165) is 29.1 Å². The summed E-state index contributed by atoms with van der Waals surface area (Å²) in [5.41, 5.74) is -0.198. The van der Waals surface area contributed by atoms with Crippen LogP contribution in [-0.2, 0) is 14.3 Å². The minimum Gasteiger partial charge on any atom is -0.464 e. The van der Waals surface area contributed by atoms with Gasteiger partial charge in [-0.15, -0.1) is 11.3 Å². The molecule has 30 heavy (non-hydrogen) atoms. The predicted molar refractivity (Wildman–Crippen MR) is 108 cm³/mol. The Morgan fingerprint density at radius 2 is 2.10 bits per heavy atom. The maximum atomic E-state index is 12.7. The number of esters is 1. The second-order valence-electron chi connectivity index (χ2n) is 7.21. The van der Waals surface area contributed by atoms with Crippen LogP contribution in [-0.4, -0.2) is 47.4 Å². The minimum atomic E-state index is -0.872. The SMILES string of the molecule is CCOC(=O)c1c(-c2ccco2)csc1NC(=O)CN1C(=O)NC2(CCCC2)C1=O. The lowest BCUT2D eigenvalue weighted by Gasteiger charge is -2.19. The first-order valence-corrected chi connectivity index (χ1v) is 10.6. The number of rotatable bonds is 6. The average molecular weight is 431 g/mol. The molecule has 1 aliphatic heterocycles. The highest BCUT2D eigenvalue weighted by atomic mass is 32.1. The van der Waals surface area contributed by atoms with Crippen molar-refractivity contribution in [3.05, 3.63) is 29.3 Å². The molecule has 2 aromatic heterocycles. The number of amides is 4. The second-order valence-corrected chi connectivity index (χ2v) is 8.09. The molecule has 0 bridgehead atoms. The summed E-state index contributed by atoms with van der Waals surface area (Å²) in [5, 5.41) is 7.34. The van der Waals surface area contributed by atoms with E-state index in [1.807, 2.05) is 0 Å². The van der Waals surface area contributed by atoms with Crippen molar-refractivity contribution in [1.82, 2.24) is 10.2 Å².